The van der Waals surface area contributed by atoms with Crippen molar-refractivity contribution in [3.05, 3.63) is 59.4 Å². The van der Waals surface area contributed by atoms with E-state index in [4.69, 9.17) is 16.3 Å². The molecule has 0 atom stereocenters. The Morgan fingerprint density at radius 2 is 1.86 bits per heavy atom. The van der Waals surface area contributed by atoms with E-state index in [0.29, 0.717) is 37.8 Å². The van der Waals surface area contributed by atoms with E-state index in [9.17, 15) is 9.18 Å². The first-order chi connectivity index (χ1) is 13.5. The summed E-state index contributed by atoms with van der Waals surface area (Å²) in [5, 5.41) is 0.640. The fraction of sp³-hybridized carbons (Fsp3) is 0.381. The predicted octanol–water partition coefficient (Wildman–Crippen LogP) is 3.14. The van der Waals surface area contributed by atoms with Gasteiger partial charge in [-0.1, -0.05) is 17.7 Å². The number of halogens is 2. The van der Waals surface area contributed by atoms with E-state index in [-0.39, 0.29) is 11.7 Å². The number of piperazine rings is 1. The van der Waals surface area contributed by atoms with Crippen LogP contribution in [0.4, 0.5) is 10.1 Å². The van der Waals surface area contributed by atoms with Crippen molar-refractivity contribution in [2.75, 3.05) is 57.8 Å². The van der Waals surface area contributed by atoms with Crippen molar-refractivity contribution < 1.29 is 13.9 Å². The van der Waals surface area contributed by atoms with Gasteiger partial charge in [0.1, 0.15) is 18.2 Å². The van der Waals surface area contributed by atoms with Crippen LogP contribution in [0, 0.1) is 5.82 Å². The summed E-state index contributed by atoms with van der Waals surface area (Å²) >= 11 is 5.94. The van der Waals surface area contributed by atoms with Crippen LogP contribution in [0.15, 0.2) is 48.5 Å². The summed E-state index contributed by atoms with van der Waals surface area (Å²) in [5.74, 6) is 0.605. The number of carbonyl (C=O) groups excluding carboxylic acids is 1. The number of hydrogen-bond donors (Lipinski definition) is 0. The van der Waals surface area contributed by atoms with Crippen LogP contribution in [-0.2, 0) is 4.79 Å². The minimum atomic E-state index is -0.236. The molecule has 0 N–H and O–H groups in total. The van der Waals surface area contributed by atoms with E-state index in [0.717, 1.165) is 24.5 Å². The average molecular weight is 406 g/mol. The first-order valence-electron chi connectivity index (χ1n) is 9.36. The molecule has 5 nitrogen and oxygen atoms in total. The number of amides is 1. The predicted molar refractivity (Wildman–Crippen MR) is 110 cm³/mol. The molecular weight excluding hydrogens is 381 g/mol. The normalized spacial score (nSPS) is 14.4. The molecule has 1 aliphatic rings. The number of likely N-dealkylation sites (N-methyl/N-ethyl adjacent to an activating group) is 1. The van der Waals surface area contributed by atoms with Gasteiger partial charge in [-0.2, -0.15) is 0 Å². The van der Waals surface area contributed by atoms with Crippen LogP contribution in [0.1, 0.15) is 0 Å². The smallest absolute Gasteiger partial charge is 0.236 e. The first-order valence-corrected chi connectivity index (χ1v) is 9.74. The number of rotatable bonds is 7. The monoisotopic (exact) mass is 405 g/mol. The quantitative estimate of drug-likeness (QED) is 0.709. The van der Waals surface area contributed by atoms with Gasteiger partial charge in [-0.05, 0) is 49.5 Å². The topological polar surface area (TPSA) is 36.0 Å². The lowest BCUT2D eigenvalue weighted by atomic mass is 10.2. The Morgan fingerprint density at radius 1 is 1.14 bits per heavy atom. The van der Waals surface area contributed by atoms with Gasteiger partial charge in [-0.15, -0.1) is 0 Å². The molecule has 0 radical (unpaired) electrons. The van der Waals surface area contributed by atoms with Gasteiger partial charge in [0.2, 0.25) is 5.91 Å². The molecule has 0 aliphatic carbocycles. The van der Waals surface area contributed by atoms with Crippen LogP contribution in [0.3, 0.4) is 0 Å². The zero-order chi connectivity index (χ0) is 19.9. The molecule has 0 spiro atoms. The molecule has 2 aromatic carbocycles. The number of carbonyl (C=O) groups is 1. The highest BCUT2D eigenvalue weighted by atomic mass is 35.5. The molecule has 1 heterocycles. The molecule has 150 valence electrons. The van der Waals surface area contributed by atoms with Crippen LogP contribution in [0.2, 0.25) is 5.02 Å². The fourth-order valence-electron chi connectivity index (χ4n) is 3.15. The third-order valence-electron chi connectivity index (χ3n) is 4.77. The van der Waals surface area contributed by atoms with Crippen molar-refractivity contribution >= 4 is 23.2 Å². The molecule has 0 unspecified atom stereocenters. The van der Waals surface area contributed by atoms with Gasteiger partial charge in [-0.3, -0.25) is 9.69 Å². The van der Waals surface area contributed by atoms with Crippen LogP contribution < -0.4 is 9.64 Å². The Hall–Kier alpha value is -2.31. The standard InChI is InChI=1S/C21H25ClFN3O2/c1-24(13-14-28-20-4-2-3-17(22)15-20)16-21(27)26-11-9-25(10-12-26)19-7-5-18(23)6-8-19/h2-8,15H,9-14,16H2,1H3. The third kappa shape index (κ3) is 5.84. The molecule has 1 saturated heterocycles. The third-order valence-corrected chi connectivity index (χ3v) is 5.00. The largest absolute Gasteiger partial charge is 0.492 e. The summed E-state index contributed by atoms with van der Waals surface area (Å²) in [6.45, 7) is 4.33. The summed E-state index contributed by atoms with van der Waals surface area (Å²) in [4.78, 5) is 18.5. The minimum Gasteiger partial charge on any atom is -0.492 e. The van der Waals surface area contributed by atoms with Crippen LogP contribution in [0.5, 0.6) is 5.75 Å². The van der Waals surface area contributed by atoms with Crippen molar-refractivity contribution in [1.82, 2.24) is 9.80 Å². The molecule has 7 heteroatoms. The van der Waals surface area contributed by atoms with E-state index in [2.05, 4.69) is 4.90 Å². The summed E-state index contributed by atoms with van der Waals surface area (Å²) < 4.78 is 18.7. The van der Waals surface area contributed by atoms with Gasteiger partial charge < -0.3 is 14.5 Å². The number of nitrogens with zero attached hydrogens (tertiary/aromatic N) is 3. The molecule has 2 aromatic rings. The molecule has 0 saturated carbocycles. The van der Waals surface area contributed by atoms with Crippen LogP contribution in [0.25, 0.3) is 0 Å². The Kier molecular flexibility index (Phi) is 7.12. The van der Waals surface area contributed by atoms with Gasteiger partial charge in [0.25, 0.3) is 0 Å². The van der Waals surface area contributed by atoms with Gasteiger partial charge in [0.15, 0.2) is 0 Å². The second-order valence-corrected chi connectivity index (χ2v) is 7.32. The SMILES string of the molecule is CN(CCOc1cccc(Cl)c1)CC(=O)N1CCN(c2ccc(F)cc2)CC1. The first kappa shape index (κ1) is 20.4. The van der Waals surface area contributed by atoms with Crippen molar-refractivity contribution in [2.24, 2.45) is 0 Å². The summed E-state index contributed by atoms with van der Waals surface area (Å²) in [7, 11) is 1.91. The Morgan fingerprint density at radius 3 is 2.54 bits per heavy atom. The Bertz CT molecular complexity index is 779. The molecule has 1 fully saturated rings. The molecule has 0 bridgehead atoms. The summed E-state index contributed by atoms with van der Waals surface area (Å²) in [6.07, 6.45) is 0. The Balaban J connectivity index is 1.38. The van der Waals surface area contributed by atoms with E-state index in [1.165, 1.54) is 12.1 Å². The Labute approximate surface area is 170 Å². The maximum atomic E-state index is 13.1. The van der Waals surface area contributed by atoms with Crippen LogP contribution in [-0.4, -0.2) is 68.6 Å². The molecule has 28 heavy (non-hydrogen) atoms. The second kappa shape index (κ2) is 9.75. The van der Waals surface area contributed by atoms with Gasteiger partial charge in [-0.25, -0.2) is 4.39 Å². The molecule has 0 aromatic heterocycles. The highest BCUT2D eigenvalue weighted by Gasteiger charge is 2.22. The lowest BCUT2D eigenvalue weighted by Crippen LogP contribution is -2.51. The van der Waals surface area contributed by atoms with Gasteiger partial charge in [0.05, 0.1) is 6.54 Å². The number of hydrogen-bond acceptors (Lipinski definition) is 4. The molecule has 1 aliphatic heterocycles. The average Bonchev–Trinajstić information content (AvgIpc) is 2.69. The fourth-order valence-corrected chi connectivity index (χ4v) is 3.33. The molecule has 1 amide bonds. The maximum absolute atomic E-state index is 13.1. The highest BCUT2D eigenvalue weighted by molar-refractivity contribution is 6.30. The van der Waals surface area contributed by atoms with Gasteiger partial charge in [0, 0.05) is 43.4 Å². The number of benzene rings is 2. The zero-order valence-corrected chi connectivity index (χ0v) is 16.7. The number of ether oxygens (including phenoxy) is 1. The molecule has 3 rings (SSSR count). The van der Waals surface area contributed by atoms with E-state index < -0.39 is 0 Å². The van der Waals surface area contributed by atoms with Crippen molar-refractivity contribution in [3.63, 3.8) is 0 Å². The van der Waals surface area contributed by atoms with Crippen LogP contribution >= 0.6 is 11.6 Å². The molecular formula is C21H25ClFN3O2. The maximum Gasteiger partial charge on any atom is 0.236 e. The minimum absolute atomic E-state index is 0.115. The lowest BCUT2D eigenvalue weighted by Gasteiger charge is -2.36. The van der Waals surface area contributed by atoms with E-state index in [1.54, 1.807) is 24.3 Å². The zero-order valence-electron chi connectivity index (χ0n) is 16.0. The van der Waals surface area contributed by atoms with Crippen molar-refractivity contribution in [2.45, 2.75) is 0 Å². The summed E-state index contributed by atoms with van der Waals surface area (Å²) in [6, 6.07) is 13.8. The highest BCUT2D eigenvalue weighted by Crippen LogP contribution is 2.18. The van der Waals surface area contributed by atoms with Crippen molar-refractivity contribution in [1.29, 1.82) is 0 Å². The van der Waals surface area contributed by atoms with Crippen molar-refractivity contribution in [3.8, 4) is 5.75 Å². The van der Waals surface area contributed by atoms with E-state index >= 15 is 0 Å². The van der Waals surface area contributed by atoms with Gasteiger partial charge >= 0.3 is 0 Å². The summed E-state index contributed by atoms with van der Waals surface area (Å²) in [5.41, 5.74) is 0.990. The second-order valence-electron chi connectivity index (χ2n) is 6.89. The lowest BCUT2D eigenvalue weighted by molar-refractivity contribution is -0.132. The number of anilines is 1. The van der Waals surface area contributed by atoms with E-state index in [1.807, 2.05) is 29.0 Å².